The van der Waals surface area contributed by atoms with E-state index in [1.54, 1.807) is 30.5 Å². The number of thiazole rings is 1. The van der Waals surface area contributed by atoms with Crippen LogP contribution in [0.3, 0.4) is 0 Å². The molecule has 106 valence electrons. The van der Waals surface area contributed by atoms with Gasteiger partial charge in [-0.05, 0) is 31.2 Å². The van der Waals surface area contributed by atoms with Gasteiger partial charge in [0.1, 0.15) is 11.5 Å². The van der Waals surface area contributed by atoms with Crippen molar-refractivity contribution in [3.8, 4) is 11.5 Å². The number of nitrogens with zero attached hydrogens (tertiary/aromatic N) is 1. The van der Waals surface area contributed by atoms with Crippen molar-refractivity contribution in [3.05, 3.63) is 30.5 Å². The van der Waals surface area contributed by atoms with Crippen LogP contribution in [-0.2, 0) is 4.79 Å². The number of nitrogens with two attached hydrogens (primary N) is 1. The molecule has 0 atom stereocenters. The summed E-state index contributed by atoms with van der Waals surface area (Å²) in [5.74, 6) is 1.16. The summed E-state index contributed by atoms with van der Waals surface area (Å²) >= 11 is 2.71. The number of thioether (sulfide) groups is 1. The lowest BCUT2D eigenvalue weighted by atomic mass is 10.3. The second kappa shape index (κ2) is 7.16. The summed E-state index contributed by atoms with van der Waals surface area (Å²) in [6.45, 7) is 2.52. The molecule has 0 aliphatic heterocycles. The predicted octanol–water partition coefficient (Wildman–Crippen LogP) is 2.82. The Morgan fingerprint density at radius 3 is 2.65 bits per heavy atom. The molecular weight excluding hydrogens is 296 g/mol. The SMILES string of the molecule is CCOc1ccc(OC(=O)CSc2cnc(N)s2)cc1. The monoisotopic (exact) mass is 310 g/mol. The molecule has 2 N–H and O–H groups in total. The number of hydrogen-bond acceptors (Lipinski definition) is 7. The van der Waals surface area contributed by atoms with Crippen LogP contribution in [0, 0.1) is 0 Å². The third-order valence-electron chi connectivity index (χ3n) is 2.20. The fourth-order valence-corrected chi connectivity index (χ4v) is 2.93. The lowest BCUT2D eigenvalue weighted by Gasteiger charge is -2.05. The molecule has 2 aromatic rings. The molecule has 0 saturated carbocycles. The molecule has 1 aromatic carbocycles. The molecule has 0 spiro atoms. The number of hydrogen-bond donors (Lipinski definition) is 1. The molecule has 0 aliphatic carbocycles. The highest BCUT2D eigenvalue weighted by molar-refractivity contribution is 8.01. The Morgan fingerprint density at radius 1 is 1.35 bits per heavy atom. The molecular formula is C13H14N2O3S2. The van der Waals surface area contributed by atoms with E-state index < -0.39 is 0 Å². The van der Waals surface area contributed by atoms with Crippen molar-refractivity contribution in [2.75, 3.05) is 18.1 Å². The van der Waals surface area contributed by atoms with Crippen LogP contribution in [-0.4, -0.2) is 23.3 Å². The number of carbonyl (C=O) groups is 1. The van der Waals surface area contributed by atoms with Crippen LogP contribution >= 0.6 is 23.1 Å². The minimum Gasteiger partial charge on any atom is -0.494 e. The van der Waals surface area contributed by atoms with E-state index in [2.05, 4.69) is 4.98 Å². The van der Waals surface area contributed by atoms with E-state index in [0.29, 0.717) is 17.5 Å². The van der Waals surface area contributed by atoms with E-state index in [4.69, 9.17) is 15.2 Å². The van der Waals surface area contributed by atoms with E-state index in [-0.39, 0.29) is 11.7 Å². The Balaban J connectivity index is 1.81. The van der Waals surface area contributed by atoms with Gasteiger partial charge >= 0.3 is 5.97 Å². The summed E-state index contributed by atoms with van der Waals surface area (Å²) in [6.07, 6.45) is 1.65. The quantitative estimate of drug-likeness (QED) is 0.502. The fourth-order valence-electron chi connectivity index (χ4n) is 1.40. The van der Waals surface area contributed by atoms with Gasteiger partial charge in [-0.2, -0.15) is 0 Å². The van der Waals surface area contributed by atoms with Gasteiger partial charge in [-0.3, -0.25) is 4.79 Å². The molecule has 0 aliphatic rings. The van der Waals surface area contributed by atoms with Gasteiger partial charge in [0.25, 0.3) is 0 Å². The Morgan fingerprint density at radius 2 is 2.05 bits per heavy atom. The molecule has 1 aromatic heterocycles. The van der Waals surface area contributed by atoms with Crippen LogP contribution in [0.1, 0.15) is 6.92 Å². The van der Waals surface area contributed by atoms with E-state index in [0.717, 1.165) is 9.96 Å². The smallest absolute Gasteiger partial charge is 0.321 e. The van der Waals surface area contributed by atoms with Crippen molar-refractivity contribution in [1.29, 1.82) is 0 Å². The molecule has 5 nitrogen and oxygen atoms in total. The Labute approximate surface area is 125 Å². The highest BCUT2D eigenvalue weighted by atomic mass is 32.2. The minimum absolute atomic E-state index is 0.217. The van der Waals surface area contributed by atoms with Gasteiger partial charge in [0.05, 0.1) is 22.8 Å². The normalized spacial score (nSPS) is 10.2. The van der Waals surface area contributed by atoms with Crippen molar-refractivity contribution in [3.63, 3.8) is 0 Å². The first kappa shape index (κ1) is 14.7. The number of benzene rings is 1. The topological polar surface area (TPSA) is 74.4 Å². The van der Waals surface area contributed by atoms with E-state index in [9.17, 15) is 4.79 Å². The lowest BCUT2D eigenvalue weighted by molar-refractivity contribution is -0.131. The zero-order valence-electron chi connectivity index (χ0n) is 10.9. The van der Waals surface area contributed by atoms with Crippen molar-refractivity contribution in [2.45, 2.75) is 11.1 Å². The maximum Gasteiger partial charge on any atom is 0.321 e. The van der Waals surface area contributed by atoms with Crippen molar-refractivity contribution < 1.29 is 14.3 Å². The first-order valence-electron chi connectivity index (χ1n) is 5.95. The number of ether oxygens (including phenoxy) is 2. The van der Waals surface area contributed by atoms with Gasteiger partial charge in [-0.1, -0.05) is 11.3 Å². The third-order valence-corrected chi connectivity index (χ3v) is 4.20. The van der Waals surface area contributed by atoms with Gasteiger partial charge in [-0.25, -0.2) is 4.98 Å². The summed E-state index contributed by atoms with van der Waals surface area (Å²) in [5.41, 5.74) is 5.51. The average molecular weight is 310 g/mol. The maximum absolute atomic E-state index is 11.7. The first-order valence-corrected chi connectivity index (χ1v) is 7.75. The Kier molecular flexibility index (Phi) is 5.25. The predicted molar refractivity (Wildman–Crippen MR) is 80.5 cm³/mol. The van der Waals surface area contributed by atoms with Crippen LogP contribution in [0.4, 0.5) is 5.13 Å². The second-order valence-corrected chi connectivity index (χ2v) is 6.02. The van der Waals surface area contributed by atoms with Crippen LogP contribution in [0.2, 0.25) is 0 Å². The number of carbonyl (C=O) groups excluding carboxylic acids is 1. The van der Waals surface area contributed by atoms with Gasteiger partial charge in [0.2, 0.25) is 0 Å². The van der Waals surface area contributed by atoms with Crippen molar-refractivity contribution in [1.82, 2.24) is 4.98 Å². The number of esters is 1. The standard InChI is InChI=1S/C13H14N2O3S2/c1-2-17-9-3-5-10(6-4-9)18-11(16)8-19-12-7-15-13(14)20-12/h3-7H,2,8H2,1H3,(H2,14,15). The molecule has 0 saturated heterocycles. The molecule has 20 heavy (non-hydrogen) atoms. The molecule has 0 unspecified atom stereocenters. The van der Waals surface area contributed by atoms with E-state index >= 15 is 0 Å². The van der Waals surface area contributed by atoms with E-state index in [1.807, 2.05) is 6.92 Å². The summed E-state index contributed by atoms with van der Waals surface area (Å²) in [5, 5.41) is 0.493. The Hall–Kier alpha value is -1.73. The largest absolute Gasteiger partial charge is 0.494 e. The lowest BCUT2D eigenvalue weighted by Crippen LogP contribution is -2.10. The maximum atomic E-state index is 11.7. The van der Waals surface area contributed by atoms with E-state index in [1.165, 1.54) is 23.1 Å². The van der Waals surface area contributed by atoms with Crippen LogP contribution < -0.4 is 15.2 Å². The van der Waals surface area contributed by atoms with Crippen LogP contribution in [0.5, 0.6) is 11.5 Å². The molecule has 0 amide bonds. The molecule has 0 fully saturated rings. The van der Waals surface area contributed by atoms with Crippen molar-refractivity contribution in [2.24, 2.45) is 0 Å². The molecule has 7 heteroatoms. The summed E-state index contributed by atoms with van der Waals surface area (Å²) in [7, 11) is 0. The van der Waals surface area contributed by atoms with Crippen molar-refractivity contribution >= 4 is 34.2 Å². The minimum atomic E-state index is -0.314. The number of aromatic nitrogens is 1. The molecule has 1 heterocycles. The van der Waals surface area contributed by atoms with Gasteiger partial charge < -0.3 is 15.2 Å². The number of rotatable bonds is 6. The highest BCUT2D eigenvalue weighted by Crippen LogP contribution is 2.26. The van der Waals surface area contributed by atoms with Gasteiger partial charge in [0, 0.05) is 0 Å². The zero-order valence-corrected chi connectivity index (χ0v) is 12.5. The first-order chi connectivity index (χ1) is 9.67. The summed E-state index contributed by atoms with van der Waals surface area (Å²) in [6, 6.07) is 6.95. The zero-order chi connectivity index (χ0) is 14.4. The summed E-state index contributed by atoms with van der Waals surface area (Å²) in [4.78, 5) is 15.6. The third kappa shape index (κ3) is 4.43. The Bertz CT molecular complexity index is 569. The molecule has 2 rings (SSSR count). The second-order valence-electron chi connectivity index (χ2n) is 3.68. The summed E-state index contributed by atoms with van der Waals surface area (Å²) < 4.78 is 11.4. The number of nitrogen functional groups attached to an aromatic ring is 1. The van der Waals surface area contributed by atoms with Crippen LogP contribution in [0.25, 0.3) is 0 Å². The van der Waals surface area contributed by atoms with Gasteiger partial charge in [0.15, 0.2) is 5.13 Å². The average Bonchev–Trinajstić information content (AvgIpc) is 2.85. The fraction of sp³-hybridized carbons (Fsp3) is 0.231. The number of anilines is 1. The highest BCUT2D eigenvalue weighted by Gasteiger charge is 2.08. The molecule has 0 radical (unpaired) electrons. The van der Waals surface area contributed by atoms with Crippen LogP contribution in [0.15, 0.2) is 34.7 Å². The van der Waals surface area contributed by atoms with Gasteiger partial charge in [-0.15, -0.1) is 11.8 Å². The molecule has 0 bridgehead atoms.